The van der Waals surface area contributed by atoms with Gasteiger partial charge < -0.3 is 25.8 Å². The first-order valence-electron chi connectivity index (χ1n) is 6.15. The second-order valence-electron chi connectivity index (χ2n) is 5.10. The maximum Gasteiger partial charge on any atom is 0.349 e. The summed E-state index contributed by atoms with van der Waals surface area (Å²) in [6.45, 7) is 3.54. The quantitative estimate of drug-likeness (QED) is 0.417. The molecule has 0 aliphatic carbocycles. The summed E-state index contributed by atoms with van der Waals surface area (Å²) in [5, 5.41) is 26.5. The van der Waals surface area contributed by atoms with Gasteiger partial charge in [0.1, 0.15) is 6.04 Å². The highest BCUT2D eigenvalue weighted by Crippen LogP contribution is 2.23. The van der Waals surface area contributed by atoms with Crippen molar-refractivity contribution in [3.8, 4) is 0 Å². The van der Waals surface area contributed by atoms with Crippen LogP contribution in [0.25, 0.3) is 0 Å². The van der Waals surface area contributed by atoms with Crippen molar-refractivity contribution in [1.29, 1.82) is 0 Å². The van der Waals surface area contributed by atoms with E-state index in [9.17, 15) is 19.2 Å². The molecule has 0 aromatic heterocycles. The predicted molar refractivity (Wildman–Crippen MR) is 68.4 cm³/mol. The number of carbonyl (C=O) groups is 4. The summed E-state index contributed by atoms with van der Waals surface area (Å²) in [5.41, 5.74) is 2.85. The maximum atomic E-state index is 11.8. The van der Waals surface area contributed by atoms with Crippen LogP contribution in [0.1, 0.15) is 33.1 Å². The predicted octanol–water partition coefficient (Wildman–Crippen LogP) is -0.324. The van der Waals surface area contributed by atoms with Crippen LogP contribution in [0, 0.1) is 5.92 Å². The Morgan fingerprint density at radius 1 is 1.05 bits per heavy atom. The van der Waals surface area contributed by atoms with Gasteiger partial charge in [-0.3, -0.25) is 14.4 Å². The highest BCUT2D eigenvalue weighted by atomic mass is 16.6. The number of hydrogen-bond donors (Lipinski definition) is 4. The number of esters is 1. The Hall–Kier alpha value is -2.16. The molecule has 0 bridgehead atoms. The molecule has 0 amide bonds. The highest BCUT2D eigenvalue weighted by Gasteiger charge is 2.47. The largest absolute Gasteiger partial charge is 0.481 e. The molecule has 0 aromatic carbocycles. The second-order valence-corrected chi connectivity index (χ2v) is 5.10. The van der Waals surface area contributed by atoms with E-state index in [-0.39, 0.29) is 12.3 Å². The van der Waals surface area contributed by atoms with Gasteiger partial charge in [-0.1, -0.05) is 13.8 Å². The molecule has 0 aliphatic heterocycles. The van der Waals surface area contributed by atoms with E-state index in [0.29, 0.717) is 0 Å². The van der Waals surface area contributed by atoms with Gasteiger partial charge in [0.2, 0.25) is 5.60 Å². The lowest BCUT2D eigenvalue weighted by Crippen LogP contribution is -2.50. The van der Waals surface area contributed by atoms with Crippen molar-refractivity contribution in [3.05, 3.63) is 0 Å². The molecular weight excluding hydrogens is 286 g/mol. The average molecular weight is 305 g/mol. The average Bonchev–Trinajstić information content (AvgIpc) is 2.25. The van der Waals surface area contributed by atoms with Crippen molar-refractivity contribution in [1.82, 2.24) is 0 Å². The number of carbonyl (C=O) groups excluding carboxylic acids is 1. The molecule has 0 fully saturated rings. The zero-order chi connectivity index (χ0) is 16.8. The zero-order valence-corrected chi connectivity index (χ0v) is 11.7. The summed E-state index contributed by atoms with van der Waals surface area (Å²) in [6, 6.07) is -1.16. The van der Waals surface area contributed by atoms with E-state index in [1.54, 1.807) is 13.8 Å². The number of ether oxygens (including phenoxy) is 1. The van der Waals surface area contributed by atoms with E-state index in [1.165, 1.54) is 0 Å². The fourth-order valence-electron chi connectivity index (χ4n) is 1.69. The fraction of sp³-hybridized carbons (Fsp3) is 0.667. The SMILES string of the molecule is CC(C)C[C@H](N)C(=O)OC(CC(=O)O)(CC(=O)O)C(=O)O. The Morgan fingerprint density at radius 2 is 1.48 bits per heavy atom. The van der Waals surface area contributed by atoms with Crippen LogP contribution < -0.4 is 5.73 Å². The highest BCUT2D eigenvalue weighted by molar-refractivity contribution is 5.91. The lowest BCUT2D eigenvalue weighted by molar-refractivity contribution is -0.187. The van der Waals surface area contributed by atoms with Crippen molar-refractivity contribution in [2.24, 2.45) is 11.7 Å². The molecule has 5 N–H and O–H groups in total. The van der Waals surface area contributed by atoms with Crippen LogP contribution in [0.2, 0.25) is 0 Å². The molecule has 0 saturated carbocycles. The first-order chi connectivity index (χ1) is 9.50. The van der Waals surface area contributed by atoms with Crippen molar-refractivity contribution in [2.75, 3.05) is 0 Å². The fourth-order valence-corrected chi connectivity index (χ4v) is 1.69. The summed E-state index contributed by atoms with van der Waals surface area (Å²) in [6.07, 6.45) is -2.15. The van der Waals surface area contributed by atoms with Crippen LogP contribution in [0.4, 0.5) is 0 Å². The van der Waals surface area contributed by atoms with Gasteiger partial charge in [-0.05, 0) is 12.3 Å². The number of nitrogens with two attached hydrogens (primary N) is 1. The van der Waals surface area contributed by atoms with E-state index in [2.05, 4.69) is 4.74 Å². The number of rotatable bonds is 9. The molecule has 0 heterocycles. The summed E-state index contributed by atoms with van der Waals surface area (Å²) < 4.78 is 4.66. The van der Waals surface area contributed by atoms with Crippen molar-refractivity contribution in [2.45, 2.75) is 44.8 Å². The second kappa shape index (κ2) is 7.58. The van der Waals surface area contributed by atoms with Gasteiger partial charge in [-0.2, -0.15) is 0 Å². The smallest absolute Gasteiger partial charge is 0.349 e. The summed E-state index contributed by atoms with van der Waals surface area (Å²) in [7, 11) is 0. The molecule has 9 heteroatoms. The van der Waals surface area contributed by atoms with Crippen LogP contribution >= 0.6 is 0 Å². The molecule has 0 rings (SSSR count). The van der Waals surface area contributed by atoms with Crippen LogP contribution in [0.3, 0.4) is 0 Å². The number of hydrogen-bond acceptors (Lipinski definition) is 6. The van der Waals surface area contributed by atoms with E-state index >= 15 is 0 Å². The Bertz CT molecular complexity index is 415. The molecule has 1 atom stereocenters. The van der Waals surface area contributed by atoms with E-state index in [1.807, 2.05) is 0 Å². The molecule has 0 saturated heterocycles. The number of aliphatic carboxylic acids is 3. The van der Waals surface area contributed by atoms with Gasteiger partial charge >= 0.3 is 23.9 Å². The first-order valence-corrected chi connectivity index (χ1v) is 6.15. The van der Waals surface area contributed by atoms with E-state index in [4.69, 9.17) is 21.1 Å². The number of carboxylic acid groups (broad SMARTS) is 3. The Morgan fingerprint density at radius 3 is 1.76 bits per heavy atom. The molecule has 0 unspecified atom stereocenters. The Kier molecular flexibility index (Phi) is 6.80. The van der Waals surface area contributed by atoms with E-state index in [0.717, 1.165) is 0 Å². The Balaban J connectivity index is 5.29. The third-order valence-corrected chi connectivity index (χ3v) is 2.59. The van der Waals surface area contributed by atoms with Gasteiger partial charge in [0.05, 0.1) is 12.8 Å². The van der Waals surface area contributed by atoms with Gasteiger partial charge in [-0.15, -0.1) is 0 Å². The Labute approximate surface area is 120 Å². The third-order valence-electron chi connectivity index (χ3n) is 2.59. The first kappa shape index (κ1) is 18.8. The normalized spacial score (nSPS) is 12.8. The minimum atomic E-state index is -2.68. The van der Waals surface area contributed by atoms with Gasteiger partial charge in [0.15, 0.2) is 0 Å². The minimum absolute atomic E-state index is 0.0192. The van der Waals surface area contributed by atoms with Crippen LogP contribution in [0.5, 0.6) is 0 Å². The molecule has 0 spiro atoms. The van der Waals surface area contributed by atoms with Crippen molar-refractivity contribution in [3.63, 3.8) is 0 Å². The van der Waals surface area contributed by atoms with Crippen LogP contribution in [0.15, 0.2) is 0 Å². The standard InChI is InChI=1S/C12H19NO8/c1-6(2)3-7(13)10(18)21-12(11(19)20,4-8(14)15)5-9(16)17/h6-7H,3-5,13H2,1-2H3,(H,14,15)(H,16,17)(H,19,20)/t7-/m0/s1. The van der Waals surface area contributed by atoms with Gasteiger partial charge in [0.25, 0.3) is 0 Å². The lowest BCUT2D eigenvalue weighted by Gasteiger charge is -2.27. The third kappa shape index (κ3) is 6.21. The summed E-state index contributed by atoms with van der Waals surface area (Å²) >= 11 is 0. The zero-order valence-electron chi connectivity index (χ0n) is 11.7. The maximum absolute atomic E-state index is 11.8. The molecule has 120 valence electrons. The van der Waals surface area contributed by atoms with Crippen LogP contribution in [-0.4, -0.2) is 50.8 Å². The molecule has 0 aromatic rings. The molecule has 21 heavy (non-hydrogen) atoms. The lowest BCUT2D eigenvalue weighted by atomic mass is 9.94. The van der Waals surface area contributed by atoms with Gasteiger partial charge in [0, 0.05) is 0 Å². The monoisotopic (exact) mass is 305 g/mol. The minimum Gasteiger partial charge on any atom is -0.481 e. The summed E-state index contributed by atoms with van der Waals surface area (Å²) in [5.74, 6) is -6.19. The van der Waals surface area contributed by atoms with Crippen molar-refractivity contribution < 1.29 is 39.2 Å². The van der Waals surface area contributed by atoms with E-state index < -0.39 is 48.4 Å². The molecule has 0 radical (unpaired) electrons. The number of carboxylic acids is 3. The van der Waals surface area contributed by atoms with Crippen LogP contribution in [-0.2, 0) is 23.9 Å². The molecular formula is C12H19NO8. The van der Waals surface area contributed by atoms with Crippen molar-refractivity contribution >= 4 is 23.9 Å². The molecule has 9 nitrogen and oxygen atoms in total. The summed E-state index contributed by atoms with van der Waals surface area (Å²) in [4.78, 5) is 44.5. The topological polar surface area (TPSA) is 164 Å². The molecule has 0 aliphatic rings. The van der Waals surface area contributed by atoms with Gasteiger partial charge in [-0.25, -0.2) is 4.79 Å².